The number of aliphatic hydroxyl groups is 1. The molecule has 1 aromatic rings. The summed E-state index contributed by atoms with van der Waals surface area (Å²) in [6.45, 7) is 3.25. The maximum absolute atomic E-state index is 11.9. The Morgan fingerprint density at radius 1 is 1.41 bits per heavy atom. The van der Waals surface area contributed by atoms with E-state index in [1.807, 2.05) is 0 Å². The Morgan fingerprint density at radius 2 is 1.94 bits per heavy atom. The lowest BCUT2D eigenvalue weighted by atomic mass is 10.0. The van der Waals surface area contributed by atoms with Crippen molar-refractivity contribution in [2.75, 3.05) is 6.61 Å². The summed E-state index contributed by atoms with van der Waals surface area (Å²) < 4.78 is 26.3. The molecule has 17 heavy (non-hydrogen) atoms. The summed E-state index contributed by atoms with van der Waals surface area (Å²) in [6, 6.07) is 0. The molecule has 96 valence electrons. The van der Waals surface area contributed by atoms with Crippen LogP contribution in [0, 0.1) is 0 Å². The molecule has 1 aromatic heterocycles. The Morgan fingerprint density at radius 3 is 2.41 bits per heavy atom. The molecule has 0 aliphatic carbocycles. The number of aromatic nitrogens is 2. The second-order valence-electron chi connectivity index (χ2n) is 4.15. The van der Waals surface area contributed by atoms with Crippen LogP contribution in [0.25, 0.3) is 0 Å². The quantitative estimate of drug-likeness (QED) is 0.769. The van der Waals surface area contributed by atoms with Crippen molar-refractivity contribution in [1.29, 1.82) is 0 Å². The minimum atomic E-state index is -3.70. The molecule has 0 unspecified atom stereocenters. The highest BCUT2D eigenvalue weighted by molar-refractivity contribution is 7.89. The molecule has 0 fully saturated rings. The fourth-order valence-corrected chi connectivity index (χ4v) is 2.62. The molecule has 0 aromatic carbocycles. The van der Waals surface area contributed by atoms with Gasteiger partial charge < -0.3 is 5.11 Å². The highest BCUT2D eigenvalue weighted by Gasteiger charge is 2.26. The molecule has 0 bridgehead atoms. The van der Waals surface area contributed by atoms with Crippen LogP contribution in [0.3, 0.4) is 0 Å². The van der Waals surface area contributed by atoms with Gasteiger partial charge in [0, 0.05) is 12.1 Å². The number of halogens is 1. The summed E-state index contributed by atoms with van der Waals surface area (Å²) in [5, 5.41) is 8.81. The first-order valence-electron chi connectivity index (χ1n) is 4.89. The van der Waals surface area contributed by atoms with E-state index in [1.165, 1.54) is 0 Å². The van der Waals surface area contributed by atoms with Crippen molar-refractivity contribution in [3.8, 4) is 0 Å². The third-order valence-electron chi connectivity index (χ3n) is 2.05. The van der Waals surface area contributed by atoms with Gasteiger partial charge in [0.2, 0.25) is 15.3 Å². The van der Waals surface area contributed by atoms with Crippen molar-refractivity contribution in [2.24, 2.45) is 0 Å². The largest absolute Gasteiger partial charge is 0.396 e. The predicted octanol–water partition coefficient (Wildman–Crippen LogP) is 0.569. The van der Waals surface area contributed by atoms with Gasteiger partial charge in [0.15, 0.2) is 0 Å². The third kappa shape index (κ3) is 4.19. The molecule has 0 saturated heterocycles. The molecule has 1 rings (SSSR count). The minimum Gasteiger partial charge on any atom is -0.396 e. The van der Waals surface area contributed by atoms with E-state index in [2.05, 4.69) is 14.7 Å². The standard InChI is InChI=1S/C9H14ClN3O3S/c1-9(2,3-4-14)13-17(15,16)7-5-11-8(10)12-6-7/h5-6,13-14H,3-4H2,1-2H3. The molecule has 8 heteroatoms. The van der Waals surface area contributed by atoms with Crippen LogP contribution in [0.5, 0.6) is 0 Å². The van der Waals surface area contributed by atoms with Gasteiger partial charge >= 0.3 is 0 Å². The van der Waals surface area contributed by atoms with Crippen LogP contribution >= 0.6 is 11.6 Å². The van der Waals surface area contributed by atoms with Crippen molar-refractivity contribution in [3.05, 3.63) is 17.7 Å². The maximum atomic E-state index is 11.9. The van der Waals surface area contributed by atoms with Crippen LogP contribution < -0.4 is 4.72 Å². The number of sulfonamides is 1. The zero-order valence-corrected chi connectivity index (χ0v) is 11.1. The predicted molar refractivity (Wildman–Crippen MR) is 63.1 cm³/mol. The monoisotopic (exact) mass is 279 g/mol. The van der Waals surface area contributed by atoms with Gasteiger partial charge in [-0.15, -0.1) is 0 Å². The fraction of sp³-hybridized carbons (Fsp3) is 0.556. The van der Waals surface area contributed by atoms with E-state index >= 15 is 0 Å². The van der Waals surface area contributed by atoms with Gasteiger partial charge in [0.25, 0.3) is 0 Å². The fourth-order valence-electron chi connectivity index (χ4n) is 1.19. The van der Waals surface area contributed by atoms with Gasteiger partial charge in [0.05, 0.1) is 12.4 Å². The number of aliphatic hydroxyl groups excluding tert-OH is 1. The number of hydrogen-bond donors (Lipinski definition) is 2. The average molecular weight is 280 g/mol. The van der Waals surface area contributed by atoms with E-state index in [-0.39, 0.29) is 16.8 Å². The zero-order chi connectivity index (χ0) is 13.1. The molecule has 2 N–H and O–H groups in total. The first-order valence-corrected chi connectivity index (χ1v) is 6.75. The summed E-state index contributed by atoms with van der Waals surface area (Å²) in [5.41, 5.74) is -0.743. The van der Waals surface area contributed by atoms with Gasteiger partial charge in [-0.1, -0.05) is 0 Å². The minimum absolute atomic E-state index is 0.0152. The number of nitrogens with one attached hydrogen (secondary N) is 1. The molecule has 0 aliphatic heterocycles. The van der Waals surface area contributed by atoms with Crippen LogP contribution in [-0.4, -0.2) is 35.6 Å². The zero-order valence-electron chi connectivity index (χ0n) is 9.51. The number of nitrogens with zero attached hydrogens (tertiary/aromatic N) is 2. The van der Waals surface area contributed by atoms with Crippen molar-refractivity contribution in [1.82, 2.24) is 14.7 Å². The lowest BCUT2D eigenvalue weighted by molar-refractivity contribution is 0.245. The highest BCUT2D eigenvalue weighted by atomic mass is 35.5. The maximum Gasteiger partial charge on any atom is 0.244 e. The van der Waals surface area contributed by atoms with E-state index in [0.717, 1.165) is 12.4 Å². The SMILES string of the molecule is CC(C)(CCO)NS(=O)(=O)c1cnc(Cl)nc1. The lowest BCUT2D eigenvalue weighted by Gasteiger charge is -2.24. The third-order valence-corrected chi connectivity index (χ3v) is 3.90. The van der Waals surface area contributed by atoms with Crippen LogP contribution in [-0.2, 0) is 10.0 Å². The Hall–Kier alpha value is -0.760. The number of hydrogen-bond acceptors (Lipinski definition) is 5. The van der Waals surface area contributed by atoms with E-state index < -0.39 is 15.6 Å². The Labute approximate surface area is 105 Å². The second kappa shape index (κ2) is 5.26. The van der Waals surface area contributed by atoms with Crippen LogP contribution in [0.15, 0.2) is 17.3 Å². The van der Waals surface area contributed by atoms with Gasteiger partial charge in [-0.05, 0) is 31.9 Å². The molecule has 0 spiro atoms. The summed E-state index contributed by atoms with van der Waals surface area (Å²) >= 11 is 5.47. The van der Waals surface area contributed by atoms with E-state index in [1.54, 1.807) is 13.8 Å². The molecule has 0 amide bonds. The molecule has 0 aliphatic rings. The van der Waals surface area contributed by atoms with Crippen LogP contribution in [0.2, 0.25) is 5.28 Å². The van der Waals surface area contributed by atoms with Crippen molar-refractivity contribution >= 4 is 21.6 Å². The van der Waals surface area contributed by atoms with Crippen molar-refractivity contribution < 1.29 is 13.5 Å². The van der Waals surface area contributed by atoms with E-state index in [4.69, 9.17) is 16.7 Å². The summed E-state index contributed by atoms with van der Waals surface area (Å²) in [5.74, 6) is 0. The molecule has 0 atom stereocenters. The summed E-state index contributed by atoms with van der Waals surface area (Å²) in [4.78, 5) is 7.15. The summed E-state index contributed by atoms with van der Waals surface area (Å²) in [7, 11) is -3.70. The smallest absolute Gasteiger partial charge is 0.244 e. The van der Waals surface area contributed by atoms with Crippen LogP contribution in [0.4, 0.5) is 0 Å². The molecule has 0 radical (unpaired) electrons. The molecule has 0 saturated carbocycles. The van der Waals surface area contributed by atoms with Gasteiger partial charge in [0.1, 0.15) is 4.90 Å². The Kier molecular flexibility index (Phi) is 4.42. The Balaban J connectivity index is 2.93. The Bertz CT molecular complexity index is 473. The normalized spacial score (nSPS) is 12.7. The van der Waals surface area contributed by atoms with E-state index in [9.17, 15) is 8.42 Å². The topological polar surface area (TPSA) is 92.2 Å². The van der Waals surface area contributed by atoms with Crippen molar-refractivity contribution in [2.45, 2.75) is 30.7 Å². The molecular weight excluding hydrogens is 266 g/mol. The first-order chi connectivity index (χ1) is 7.77. The van der Waals surface area contributed by atoms with E-state index in [0.29, 0.717) is 6.42 Å². The van der Waals surface area contributed by atoms with Crippen molar-refractivity contribution in [3.63, 3.8) is 0 Å². The second-order valence-corrected chi connectivity index (χ2v) is 6.17. The molecule has 6 nitrogen and oxygen atoms in total. The van der Waals surface area contributed by atoms with Gasteiger partial charge in [-0.3, -0.25) is 0 Å². The first kappa shape index (κ1) is 14.3. The highest BCUT2D eigenvalue weighted by Crippen LogP contribution is 2.14. The molecule has 1 heterocycles. The summed E-state index contributed by atoms with van der Waals surface area (Å²) in [6.07, 6.45) is 2.57. The lowest BCUT2D eigenvalue weighted by Crippen LogP contribution is -2.43. The molecular formula is C9H14ClN3O3S. The average Bonchev–Trinajstić information content (AvgIpc) is 2.16. The van der Waals surface area contributed by atoms with Gasteiger partial charge in [-0.2, -0.15) is 0 Å². The van der Waals surface area contributed by atoms with Crippen LogP contribution in [0.1, 0.15) is 20.3 Å². The van der Waals surface area contributed by atoms with Gasteiger partial charge in [-0.25, -0.2) is 23.1 Å². The number of rotatable bonds is 5.